The summed E-state index contributed by atoms with van der Waals surface area (Å²) >= 11 is 0. The van der Waals surface area contributed by atoms with E-state index < -0.39 is 6.29 Å². The molecule has 0 aliphatic rings. The van der Waals surface area contributed by atoms with Crippen molar-refractivity contribution >= 4 is 0 Å². The molecule has 21 heavy (non-hydrogen) atoms. The number of rotatable bonds is 1. The molecule has 0 rings (SSSR count). The second-order valence-corrected chi connectivity index (χ2v) is 8.89. The van der Waals surface area contributed by atoms with Crippen LogP contribution in [0.3, 0.4) is 0 Å². The summed E-state index contributed by atoms with van der Waals surface area (Å²) in [6.07, 6.45) is -1.42. The van der Waals surface area contributed by atoms with Gasteiger partial charge in [0, 0.05) is 0 Å². The summed E-state index contributed by atoms with van der Waals surface area (Å²) in [4.78, 5) is 0. The zero-order chi connectivity index (χ0) is 17.8. The molecule has 0 bridgehead atoms. The quantitative estimate of drug-likeness (QED) is 0.471. The van der Waals surface area contributed by atoms with Gasteiger partial charge in [0.15, 0.2) is 0 Å². The maximum atomic E-state index is 9.34. The first kappa shape index (κ1) is 32.6. The van der Waals surface area contributed by atoms with Crippen LogP contribution in [0.5, 0.6) is 0 Å². The lowest BCUT2D eigenvalue weighted by molar-refractivity contribution is -0.849. The predicted molar refractivity (Wildman–Crippen MR) is 87.9 cm³/mol. The van der Waals surface area contributed by atoms with E-state index in [1.807, 2.05) is 0 Å². The zero-order valence-electron chi connectivity index (χ0n) is 16.9. The molecule has 6 heteroatoms. The molecule has 136 valence electrons. The highest BCUT2D eigenvalue weighted by atomic mass is 16.5. The molecule has 0 aliphatic heterocycles. The minimum atomic E-state index is -1.62. The van der Waals surface area contributed by atoms with E-state index in [-0.39, 0.29) is 11.9 Å². The Hall–Kier alpha value is -0.240. The normalized spacial score (nSPS) is 10.9. The van der Waals surface area contributed by atoms with Gasteiger partial charge in [-0.15, -0.1) is 0 Å². The summed E-state index contributed by atoms with van der Waals surface area (Å²) in [7, 11) is 25.5. The van der Waals surface area contributed by atoms with E-state index in [2.05, 4.69) is 84.6 Å². The molecule has 0 aromatic heterocycles. The predicted octanol–water partition coefficient (Wildman–Crippen LogP) is -0.766. The Kier molecular flexibility index (Phi) is 22.8. The SMILES string of the molecule is CCC([O-])[O-].C[N+](C)(C)C.C[N+](C)(C)C.C[N+](C)(C)C.[OH-]. The Balaban J connectivity index is -0.0000000533. The van der Waals surface area contributed by atoms with Gasteiger partial charge in [-0.2, -0.15) is 0 Å². The van der Waals surface area contributed by atoms with Gasteiger partial charge in [0.05, 0.1) is 84.6 Å². The van der Waals surface area contributed by atoms with Gasteiger partial charge in [-0.3, -0.25) is 0 Å². The second-order valence-electron chi connectivity index (χ2n) is 8.89. The van der Waals surface area contributed by atoms with Gasteiger partial charge in [-0.1, -0.05) is 13.3 Å². The van der Waals surface area contributed by atoms with Gasteiger partial charge in [0.1, 0.15) is 0 Å². The van der Waals surface area contributed by atoms with Gasteiger partial charge in [0.2, 0.25) is 0 Å². The van der Waals surface area contributed by atoms with E-state index in [4.69, 9.17) is 0 Å². The minimum absolute atomic E-state index is 0. The summed E-state index contributed by atoms with van der Waals surface area (Å²) < 4.78 is 3.00. The largest absolute Gasteiger partial charge is 0.870 e. The van der Waals surface area contributed by atoms with Crippen LogP contribution in [0.1, 0.15) is 13.3 Å². The molecule has 0 amide bonds. The first-order valence-corrected chi connectivity index (χ1v) is 6.95. The number of quaternary nitrogens is 3. The summed E-state index contributed by atoms with van der Waals surface area (Å²) in [5.74, 6) is 0. The number of hydrogen-bond acceptors (Lipinski definition) is 3. The average molecular weight is 314 g/mol. The van der Waals surface area contributed by atoms with Gasteiger partial charge in [-0.05, 0) is 0 Å². The molecule has 6 nitrogen and oxygen atoms in total. The summed E-state index contributed by atoms with van der Waals surface area (Å²) in [5.41, 5.74) is 0. The van der Waals surface area contributed by atoms with E-state index in [1.165, 1.54) is 0 Å². The van der Waals surface area contributed by atoms with Crippen LogP contribution in [0, 0.1) is 0 Å². The Morgan fingerprint density at radius 1 is 0.571 bits per heavy atom. The van der Waals surface area contributed by atoms with Crippen molar-refractivity contribution in [1.82, 2.24) is 0 Å². The van der Waals surface area contributed by atoms with E-state index in [1.54, 1.807) is 6.92 Å². The molecule has 0 aromatic rings. The van der Waals surface area contributed by atoms with Crippen molar-refractivity contribution in [3.05, 3.63) is 0 Å². The standard InChI is InChI=1S/3C4H12N.C3H6O2.H2O/c3*1-5(2,3)4;1-2-3(4)5;/h3*1-4H3;3H,2H2,1H3;1H2/q3*+1;-2;/p-1. The van der Waals surface area contributed by atoms with E-state index in [9.17, 15) is 10.2 Å². The van der Waals surface area contributed by atoms with E-state index >= 15 is 0 Å². The maximum absolute atomic E-state index is 9.34. The Labute approximate surface area is 134 Å². The molecular formula is C15H43N3O3. The molecule has 0 fully saturated rings. The topological polar surface area (TPSA) is 76.1 Å². The first-order valence-electron chi connectivity index (χ1n) is 6.95. The third kappa shape index (κ3) is 2010. The molecule has 0 atom stereocenters. The molecule has 0 heterocycles. The van der Waals surface area contributed by atoms with Crippen LogP contribution in [0.4, 0.5) is 0 Å². The fraction of sp³-hybridized carbons (Fsp3) is 1.00. The summed E-state index contributed by atoms with van der Waals surface area (Å²) in [6.45, 7) is 1.57. The highest BCUT2D eigenvalue weighted by Gasteiger charge is 1.89. The third-order valence-corrected chi connectivity index (χ3v) is 0.333. The molecule has 0 saturated heterocycles. The van der Waals surface area contributed by atoms with Gasteiger partial charge < -0.3 is 29.1 Å². The second kappa shape index (κ2) is 14.7. The van der Waals surface area contributed by atoms with Crippen LogP contribution in [0.25, 0.3) is 0 Å². The monoisotopic (exact) mass is 313 g/mol. The highest BCUT2D eigenvalue weighted by Crippen LogP contribution is 1.74. The Morgan fingerprint density at radius 3 is 0.619 bits per heavy atom. The average Bonchev–Trinajstić information content (AvgIpc) is 1.93. The lowest BCUT2D eigenvalue weighted by Gasteiger charge is -2.25. The van der Waals surface area contributed by atoms with Crippen molar-refractivity contribution in [3.63, 3.8) is 0 Å². The zero-order valence-corrected chi connectivity index (χ0v) is 16.9. The minimum Gasteiger partial charge on any atom is -0.870 e. The Morgan fingerprint density at radius 2 is 0.619 bits per heavy atom. The molecule has 0 saturated carbocycles. The summed E-state index contributed by atoms with van der Waals surface area (Å²) in [5, 5.41) is 18.7. The smallest absolute Gasteiger partial charge is 0.0675 e. The van der Waals surface area contributed by atoms with E-state index in [0.29, 0.717) is 0 Å². The maximum Gasteiger partial charge on any atom is 0.0675 e. The van der Waals surface area contributed by atoms with Crippen LogP contribution in [0.15, 0.2) is 0 Å². The molecule has 0 spiro atoms. The van der Waals surface area contributed by atoms with Crippen molar-refractivity contribution in [2.45, 2.75) is 19.6 Å². The molecule has 0 radical (unpaired) electrons. The lowest BCUT2D eigenvalue weighted by atomic mass is 10.5. The van der Waals surface area contributed by atoms with Crippen LogP contribution < -0.4 is 10.2 Å². The van der Waals surface area contributed by atoms with Crippen molar-refractivity contribution in [2.75, 3.05) is 84.6 Å². The van der Waals surface area contributed by atoms with Crippen LogP contribution in [0.2, 0.25) is 0 Å². The highest BCUT2D eigenvalue weighted by molar-refractivity contribution is 4.16. The fourth-order valence-corrected chi connectivity index (χ4v) is 0. The van der Waals surface area contributed by atoms with E-state index in [0.717, 1.165) is 13.4 Å². The van der Waals surface area contributed by atoms with Crippen LogP contribution in [-0.4, -0.2) is 110 Å². The van der Waals surface area contributed by atoms with Crippen molar-refractivity contribution in [2.24, 2.45) is 0 Å². The number of nitrogens with zero attached hydrogens (tertiary/aromatic N) is 3. The first-order chi connectivity index (χ1) is 8.27. The van der Waals surface area contributed by atoms with Crippen LogP contribution in [-0.2, 0) is 0 Å². The lowest BCUT2D eigenvalue weighted by Crippen LogP contribution is -2.37. The fourth-order valence-electron chi connectivity index (χ4n) is 0. The van der Waals surface area contributed by atoms with Crippen molar-refractivity contribution in [3.8, 4) is 0 Å². The molecule has 1 N–H and O–H groups in total. The molecule has 0 unspecified atom stereocenters. The summed E-state index contributed by atoms with van der Waals surface area (Å²) in [6, 6.07) is 0. The van der Waals surface area contributed by atoms with Gasteiger partial charge in [0.25, 0.3) is 0 Å². The number of hydrogen-bond donors (Lipinski definition) is 0. The molecule has 0 aliphatic carbocycles. The van der Waals surface area contributed by atoms with Crippen LogP contribution >= 0.6 is 0 Å². The Bertz CT molecular complexity index is 143. The molecular weight excluding hydrogens is 270 g/mol. The van der Waals surface area contributed by atoms with Crippen molar-refractivity contribution < 1.29 is 29.1 Å². The van der Waals surface area contributed by atoms with Gasteiger partial charge >= 0.3 is 0 Å². The van der Waals surface area contributed by atoms with Crippen molar-refractivity contribution in [1.29, 1.82) is 0 Å². The molecule has 0 aromatic carbocycles. The van der Waals surface area contributed by atoms with Gasteiger partial charge in [-0.25, -0.2) is 6.29 Å². The third-order valence-electron chi connectivity index (χ3n) is 0.333.